The zero-order valence-electron chi connectivity index (χ0n) is 12.1. The monoisotopic (exact) mass is 322 g/mol. The van der Waals surface area contributed by atoms with Crippen molar-refractivity contribution in [1.82, 2.24) is 10.3 Å². The van der Waals surface area contributed by atoms with Crippen molar-refractivity contribution in [2.45, 2.75) is 33.1 Å². The second-order valence-electron chi connectivity index (χ2n) is 4.89. The number of nitrogens with zero attached hydrogens (tertiary/aromatic N) is 1. The van der Waals surface area contributed by atoms with Crippen molar-refractivity contribution in [1.29, 1.82) is 0 Å². The van der Waals surface area contributed by atoms with E-state index in [4.69, 9.17) is 0 Å². The first-order chi connectivity index (χ1) is 10.0. The van der Waals surface area contributed by atoms with Crippen molar-refractivity contribution in [2.24, 2.45) is 0 Å². The van der Waals surface area contributed by atoms with Crippen molar-refractivity contribution >= 4 is 34.4 Å². The third-order valence-corrected chi connectivity index (χ3v) is 5.03. The summed E-state index contributed by atoms with van der Waals surface area (Å²) in [4.78, 5) is 28.1. The molecule has 112 valence electrons. The molecule has 0 saturated heterocycles. The lowest BCUT2D eigenvalue weighted by molar-refractivity contribution is -0.120. The second-order valence-corrected chi connectivity index (χ2v) is 6.74. The van der Waals surface area contributed by atoms with Crippen molar-refractivity contribution in [3.63, 3.8) is 0 Å². The van der Waals surface area contributed by atoms with Crippen LogP contribution in [0.5, 0.6) is 0 Å². The quantitative estimate of drug-likeness (QED) is 0.630. The molecule has 0 aliphatic heterocycles. The van der Waals surface area contributed by atoms with Gasteiger partial charge in [0.2, 0.25) is 5.91 Å². The number of Topliss-reactive ketones (excluding diaryl/α,β-unsaturated/α-hetero) is 1. The molecule has 2 rings (SSSR count). The van der Waals surface area contributed by atoms with Gasteiger partial charge in [0, 0.05) is 24.0 Å². The van der Waals surface area contributed by atoms with Gasteiger partial charge in [0.05, 0.1) is 16.3 Å². The summed E-state index contributed by atoms with van der Waals surface area (Å²) in [5.41, 5.74) is 1.95. The number of thiazole rings is 1. The first kappa shape index (κ1) is 15.9. The lowest BCUT2D eigenvalue weighted by Gasteiger charge is -2.03. The van der Waals surface area contributed by atoms with Crippen LogP contribution < -0.4 is 5.32 Å². The molecule has 0 bridgehead atoms. The zero-order valence-corrected chi connectivity index (χ0v) is 13.8. The SMILES string of the molecule is CC(=O)c1cc(CC(=O)NCCCc2nc(C)cs2)cs1. The van der Waals surface area contributed by atoms with Gasteiger partial charge in [-0.05, 0) is 37.3 Å². The van der Waals surface area contributed by atoms with Crippen molar-refractivity contribution < 1.29 is 9.59 Å². The Hall–Kier alpha value is -1.53. The van der Waals surface area contributed by atoms with Crippen LogP contribution >= 0.6 is 22.7 Å². The Bertz CT molecular complexity index is 631. The zero-order chi connectivity index (χ0) is 15.2. The Morgan fingerprint density at radius 2 is 2.10 bits per heavy atom. The summed E-state index contributed by atoms with van der Waals surface area (Å²) >= 11 is 3.05. The van der Waals surface area contributed by atoms with E-state index in [1.807, 2.05) is 17.7 Å². The summed E-state index contributed by atoms with van der Waals surface area (Å²) in [6.45, 7) is 4.18. The lowest BCUT2D eigenvalue weighted by Crippen LogP contribution is -2.26. The summed E-state index contributed by atoms with van der Waals surface area (Å²) < 4.78 is 0. The molecule has 0 spiro atoms. The number of amides is 1. The summed E-state index contributed by atoms with van der Waals surface area (Å²) in [7, 11) is 0. The summed E-state index contributed by atoms with van der Waals surface area (Å²) in [6, 6.07) is 1.80. The van der Waals surface area contributed by atoms with E-state index in [9.17, 15) is 9.59 Å². The van der Waals surface area contributed by atoms with E-state index >= 15 is 0 Å². The fraction of sp³-hybridized carbons (Fsp3) is 0.400. The molecule has 0 fully saturated rings. The van der Waals surface area contributed by atoms with Gasteiger partial charge in [0.15, 0.2) is 5.78 Å². The first-order valence-corrected chi connectivity index (χ1v) is 8.56. The van der Waals surface area contributed by atoms with Crippen LogP contribution in [0.1, 0.15) is 39.3 Å². The van der Waals surface area contributed by atoms with E-state index in [-0.39, 0.29) is 11.7 Å². The average Bonchev–Trinajstić information content (AvgIpc) is 3.04. The topological polar surface area (TPSA) is 59.1 Å². The molecule has 6 heteroatoms. The molecule has 1 amide bonds. The summed E-state index contributed by atoms with van der Waals surface area (Å²) in [5, 5.41) is 7.93. The van der Waals surface area contributed by atoms with Crippen LogP contribution in [0.4, 0.5) is 0 Å². The minimum Gasteiger partial charge on any atom is -0.356 e. The second kappa shape index (κ2) is 7.47. The number of thiophene rings is 1. The van der Waals surface area contributed by atoms with Gasteiger partial charge in [-0.3, -0.25) is 9.59 Å². The van der Waals surface area contributed by atoms with Crippen LogP contribution in [0.25, 0.3) is 0 Å². The van der Waals surface area contributed by atoms with Gasteiger partial charge >= 0.3 is 0 Å². The number of hydrogen-bond acceptors (Lipinski definition) is 5. The third kappa shape index (κ3) is 5.06. The molecule has 2 aromatic rings. The Kier molecular flexibility index (Phi) is 5.64. The Morgan fingerprint density at radius 3 is 2.71 bits per heavy atom. The highest BCUT2D eigenvalue weighted by molar-refractivity contribution is 7.12. The minimum absolute atomic E-state index is 0.00165. The number of hydrogen-bond donors (Lipinski definition) is 1. The lowest BCUT2D eigenvalue weighted by atomic mass is 10.2. The van der Waals surface area contributed by atoms with Crippen LogP contribution in [0, 0.1) is 6.92 Å². The minimum atomic E-state index is -0.00165. The predicted octanol–water partition coefficient (Wildman–Crippen LogP) is 3.01. The molecular formula is C15H18N2O2S2. The molecule has 0 aromatic carbocycles. The highest BCUT2D eigenvalue weighted by Gasteiger charge is 2.08. The van der Waals surface area contributed by atoms with Crippen LogP contribution in [-0.4, -0.2) is 23.2 Å². The maximum atomic E-state index is 11.8. The van der Waals surface area contributed by atoms with Gasteiger partial charge in [0.1, 0.15) is 0 Å². The molecular weight excluding hydrogens is 304 g/mol. The van der Waals surface area contributed by atoms with Gasteiger partial charge in [0.25, 0.3) is 0 Å². The van der Waals surface area contributed by atoms with E-state index in [1.54, 1.807) is 17.4 Å². The highest BCUT2D eigenvalue weighted by atomic mass is 32.1. The largest absolute Gasteiger partial charge is 0.356 e. The molecule has 21 heavy (non-hydrogen) atoms. The van der Waals surface area contributed by atoms with Crippen molar-refractivity contribution in [2.75, 3.05) is 6.54 Å². The summed E-state index contributed by atoms with van der Waals surface area (Å²) in [6.07, 6.45) is 2.12. The number of carbonyl (C=O) groups excluding carboxylic acids is 2. The predicted molar refractivity (Wildman–Crippen MR) is 86.2 cm³/mol. The van der Waals surface area contributed by atoms with Gasteiger partial charge in [-0.25, -0.2) is 4.98 Å². The first-order valence-electron chi connectivity index (χ1n) is 6.80. The van der Waals surface area contributed by atoms with Crippen LogP contribution in [0.15, 0.2) is 16.8 Å². The van der Waals surface area contributed by atoms with Gasteiger partial charge in [-0.15, -0.1) is 22.7 Å². The van der Waals surface area contributed by atoms with E-state index in [2.05, 4.69) is 10.3 Å². The molecule has 1 N–H and O–H groups in total. The molecule has 2 heterocycles. The normalized spacial score (nSPS) is 10.6. The van der Waals surface area contributed by atoms with Crippen LogP contribution in [0.3, 0.4) is 0 Å². The fourth-order valence-electron chi connectivity index (χ4n) is 1.89. The van der Waals surface area contributed by atoms with Crippen LogP contribution in [0.2, 0.25) is 0 Å². The van der Waals surface area contributed by atoms with E-state index in [1.165, 1.54) is 18.3 Å². The maximum absolute atomic E-state index is 11.8. The van der Waals surface area contributed by atoms with Crippen molar-refractivity contribution in [3.05, 3.63) is 38.0 Å². The van der Waals surface area contributed by atoms with E-state index in [0.29, 0.717) is 17.8 Å². The molecule has 0 aliphatic carbocycles. The maximum Gasteiger partial charge on any atom is 0.224 e. The van der Waals surface area contributed by atoms with Gasteiger partial charge < -0.3 is 5.32 Å². The highest BCUT2D eigenvalue weighted by Crippen LogP contribution is 2.15. The van der Waals surface area contributed by atoms with Crippen molar-refractivity contribution in [3.8, 4) is 0 Å². The number of nitrogens with one attached hydrogen (secondary N) is 1. The molecule has 4 nitrogen and oxygen atoms in total. The molecule has 0 unspecified atom stereocenters. The Labute approximate surface area is 132 Å². The molecule has 0 atom stereocenters. The van der Waals surface area contributed by atoms with Gasteiger partial charge in [-0.1, -0.05) is 0 Å². The smallest absolute Gasteiger partial charge is 0.224 e. The number of aromatic nitrogens is 1. The number of carbonyl (C=O) groups is 2. The molecule has 0 saturated carbocycles. The Morgan fingerprint density at radius 1 is 1.29 bits per heavy atom. The Balaban J connectivity index is 1.68. The standard InChI is InChI=1S/C15H18N2O2S2/c1-10-8-21-15(17-10)4-3-5-16-14(19)7-12-6-13(11(2)18)20-9-12/h6,8-9H,3-5,7H2,1-2H3,(H,16,19). The fourth-order valence-corrected chi connectivity index (χ4v) is 3.52. The number of aryl methyl sites for hydroxylation is 2. The van der Waals surface area contributed by atoms with Crippen LogP contribution in [-0.2, 0) is 17.6 Å². The van der Waals surface area contributed by atoms with Gasteiger partial charge in [-0.2, -0.15) is 0 Å². The number of rotatable bonds is 7. The van der Waals surface area contributed by atoms with E-state index < -0.39 is 0 Å². The number of ketones is 1. The third-order valence-electron chi connectivity index (χ3n) is 2.92. The summed E-state index contributed by atoms with van der Waals surface area (Å²) in [5.74, 6) is 0.0450. The molecule has 0 aliphatic rings. The molecule has 2 aromatic heterocycles. The van der Waals surface area contributed by atoms with E-state index in [0.717, 1.165) is 29.1 Å². The molecule has 0 radical (unpaired) electrons. The average molecular weight is 322 g/mol.